The Morgan fingerprint density at radius 2 is 1.55 bits per heavy atom. The molecule has 4 nitrogen and oxygen atoms in total. The zero-order valence-corrected chi connectivity index (χ0v) is 7.66. The summed E-state index contributed by atoms with van der Waals surface area (Å²) in [7, 11) is 4.94. The van der Waals surface area contributed by atoms with Gasteiger partial charge < -0.3 is 14.2 Å². The average Bonchev–Trinajstić information content (AvgIpc) is 2.03. The van der Waals surface area contributed by atoms with E-state index in [-0.39, 0.29) is 6.23 Å². The molecule has 0 aliphatic rings. The molecule has 1 unspecified atom stereocenters. The van der Waals surface area contributed by atoms with Crippen molar-refractivity contribution < 1.29 is 14.2 Å². The molecule has 68 valence electrons. The van der Waals surface area contributed by atoms with Crippen LogP contribution in [0.1, 0.15) is 6.92 Å². The first-order valence-corrected chi connectivity index (χ1v) is 3.51. The zero-order chi connectivity index (χ0) is 8.69. The Kier molecular flexibility index (Phi) is 6.45. The third-order valence-electron chi connectivity index (χ3n) is 1.45. The molecule has 0 saturated heterocycles. The number of methoxy groups -OCH3 is 3. The van der Waals surface area contributed by atoms with Gasteiger partial charge in [0.2, 0.25) is 0 Å². The predicted octanol–water partition coefficient (Wildman–Crippen LogP) is 0.489. The van der Waals surface area contributed by atoms with Crippen molar-refractivity contribution in [1.29, 1.82) is 0 Å². The third-order valence-corrected chi connectivity index (χ3v) is 1.45. The minimum Gasteiger partial charge on any atom is -0.369 e. The summed E-state index contributed by atoms with van der Waals surface area (Å²) in [4.78, 5) is 1.92. The summed E-state index contributed by atoms with van der Waals surface area (Å²) in [5.41, 5.74) is 0. The van der Waals surface area contributed by atoms with Crippen LogP contribution in [0.2, 0.25) is 0 Å². The number of nitrogens with zero attached hydrogens (tertiary/aromatic N) is 1. The first-order chi connectivity index (χ1) is 5.26. The van der Waals surface area contributed by atoms with Crippen LogP contribution >= 0.6 is 0 Å². The van der Waals surface area contributed by atoms with Gasteiger partial charge in [0.15, 0.2) is 0 Å². The van der Waals surface area contributed by atoms with Crippen molar-refractivity contribution in [3.63, 3.8) is 0 Å². The van der Waals surface area contributed by atoms with Gasteiger partial charge in [0.05, 0.1) is 0 Å². The Morgan fingerprint density at radius 1 is 1.09 bits per heavy atom. The highest BCUT2D eigenvalue weighted by Gasteiger charge is 2.10. The minimum atomic E-state index is 0.0231. The molecule has 0 aliphatic heterocycles. The molecule has 4 heteroatoms. The predicted molar refractivity (Wildman–Crippen MR) is 42.1 cm³/mol. The van der Waals surface area contributed by atoms with Crippen LogP contribution in [0.5, 0.6) is 0 Å². The topological polar surface area (TPSA) is 30.9 Å². The van der Waals surface area contributed by atoms with E-state index in [0.717, 1.165) is 0 Å². The molecule has 0 N–H and O–H groups in total. The van der Waals surface area contributed by atoms with Crippen LogP contribution in [0.25, 0.3) is 0 Å². The van der Waals surface area contributed by atoms with Gasteiger partial charge in [-0.2, -0.15) is 0 Å². The fourth-order valence-electron chi connectivity index (χ4n) is 0.728. The largest absolute Gasteiger partial charge is 0.369 e. The van der Waals surface area contributed by atoms with Crippen LogP contribution in [0.15, 0.2) is 0 Å². The Morgan fingerprint density at radius 3 is 1.82 bits per heavy atom. The van der Waals surface area contributed by atoms with Crippen LogP contribution < -0.4 is 0 Å². The van der Waals surface area contributed by atoms with Crippen molar-refractivity contribution >= 4 is 0 Å². The van der Waals surface area contributed by atoms with Gasteiger partial charge in [0.1, 0.15) is 19.7 Å². The lowest BCUT2D eigenvalue weighted by molar-refractivity contribution is -0.114. The van der Waals surface area contributed by atoms with E-state index in [1.54, 1.807) is 21.3 Å². The van der Waals surface area contributed by atoms with E-state index < -0.39 is 0 Å². The highest BCUT2D eigenvalue weighted by atomic mass is 16.5. The number of ether oxygens (including phenoxy) is 3. The van der Waals surface area contributed by atoms with Gasteiger partial charge in [-0.05, 0) is 6.92 Å². The highest BCUT2D eigenvalue weighted by molar-refractivity contribution is 4.47. The summed E-state index contributed by atoms with van der Waals surface area (Å²) in [6.45, 7) is 2.98. The molecule has 0 saturated carbocycles. The van der Waals surface area contributed by atoms with Gasteiger partial charge in [-0.25, -0.2) is 4.90 Å². The monoisotopic (exact) mass is 163 g/mol. The van der Waals surface area contributed by atoms with Crippen molar-refractivity contribution in [3.05, 3.63) is 0 Å². The third kappa shape index (κ3) is 4.31. The standard InChI is InChI=1S/C7H17NO3/c1-7(11-4)8(5-9-2)6-10-3/h7H,5-6H2,1-4H3. The molecule has 1 atom stereocenters. The van der Waals surface area contributed by atoms with Gasteiger partial charge in [-0.1, -0.05) is 0 Å². The van der Waals surface area contributed by atoms with Crippen LogP contribution in [-0.4, -0.2) is 45.9 Å². The Hall–Kier alpha value is -0.160. The summed E-state index contributed by atoms with van der Waals surface area (Å²) in [5, 5.41) is 0. The minimum absolute atomic E-state index is 0.0231. The van der Waals surface area contributed by atoms with Crippen LogP contribution in [0.3, 0.4) is 0 Å². The lowest BCUT2D eigenvalue weighted by Crippen LogP contribution is -2.37. The van der Waals surface area contributed by atoms with E-state index in [0.29, 0.717) is 13.5 Å². The maximum absolute atomic E-state index is 5.08. The molecule has 0 rings (SSSR count). The van der Waals surface area contributed by atoms with E-state index >= 15 is 0 Å². The van der Waals surface area contributed by atoms with Crippen LogP contribution in [0, 0.1) is 0 Å². The summed E-state index contributed by atoms with van der Waals surface area (Å²) in [6.07, 6.45) is 0.0231. The molecule has 0 aromatic heterocycles. The fraction of sp³-hybridized carbons (Fsp3) is 1.00. The molecule has 0 fully saturated rings. The second-order valence-corrected chi connectivity index (χ2v) is 2.26. The molecular formula is C7H17NO3. The molecule has 0 spiro atoms. The van der Waals surface area contributed by atoms with Crippen molar-refractivity contribution in [1.82, 2.24) is 4.90 Å². The maximum Gasteiger partial charge on any atom is 0.110 e. The maximum atomic E-state index is 5.08. The first-order valence-electron chi connectivity index (χ1n) is 3.51. The number of hydrogen-bond donors (Lipinski definition) is 0. The second-order valence-electron chi connectivity index (χ2n) is 2.26. The van der Waals surface area contributed by atoms with Crippen molar-refractivity contribution in [2.24, 2.45) is 0 Å². The van der Waals surface area contributed by atoms with E-state index in [4.69, 9.17) is 14.2 Å². The lowest BCUT2D eigenvalue weighted by Gasteiger charge is -2.25. The molecule has 0 heterocycles. The Labute approximate surface area is 68.0 Å². The zero-order valence-electron chi connectivity index (χ0n) is 7.66. The van der Waals surface area contributed by atoms with Crippen molar-refractivity contribution in [2.75, 3.05) is 34.8 Å². The quantitative estimate of drug-likeness (QED) is 0.533. The summed E-state index contributed by atoms with van der Waals surface area (Å²) in [5.74, 6) is 0. The van der Waals surface area contributed by atoms with Gasteiger partial charge in [-0.3, -0.25) is 0 Å². The van der Waals surface area contributed by atoms with Crippen molar-refractivity contribution in [3.8, 4) is 0 Å². The molecule has 11 heavy (non-hydrogen) atoms. The average molecular weight is 163 g/mol. The lowest BCUT2D eigenvalue weighted by atomic mass is 10.6. The smallest absolute Gasteiger partial charge is 0.110 e. The van der Waals surface area contributed by atoms with Gasteiger partial charge in [0.25, 0.3) is 0 Å². The number of rotatable bonds is 6. The highest BCUT2D eigenvalue weighted by Crippen LogP contribution is 1.98. The first kappa shape index (κ1) is 10.8. The van der Waals surface area contributed by atoms with Crippen LogP contribution in [-0.2, 0) is 14.2 Å². The fourth-order valence-corrected chi connectivity index (χ4v) is 0.728. The Bertz CT molecular complexity index is 83.8. The van der Waals surface area contributed by atoms with Gasteiger partial charge in [-0.15, -0.1) is 0 Å². The second kappa shape index (κ2) is 6.54. The number of hydrogen-bond acceptors (Lipinski definition) is 4. The van der Waals surface area contributed by atoms with E-state index in [1.165, 1.54) is 0 Å². The van der Waals surface area contributed by atoms with E-state index in [9.17, 15) is 0 Å². The molecule has 0 aromatic carbocycles. The van der Waals surface area contributed by atoms with Crippen LogP contribution in [0.4, 0.5) is 0 Å². The van der Waals surface area contributed by atoms with Gasteiger partial charge in [0, 0.05) is 21.3 Å². The molecular weight excluding hydrogens is 146 g/mol. The molecule has 0 aliphatic carbocycles. The van der Waals surface area contributed by atoms with Gasteiger partial charge >= 0.3 is 0 Å². The van der Waals surface area contributed by atoms with E-state index in [1.807, 2.05) is 11.8 Å². The Balaban J connectivity index is 3.66. The molecule has 0 amide bonds. The summed E-state index contributed by atoms with van der Waals surface area (Å²) < 4.78 is 15.0. The summed E-state index contributed by atoms with van der Waals surface area (Å²) in [6, 6.07) is 0. The SMILES string of the molecule is COCN(COC)C(C)OC. The molecule has 0 radical (unpaired) electrons. The molecule has 0 bridgehead atoms. The van der Waals surface area contributed by atoms with E-state index in [2.05, 4.69) is 0 Å². The van der Waals surface area contributed by atoms with Crippen molar-refractivity contribution in [2.45, 2.75) is 13.2 Å². The summed E-state index contributed by atoms with van der Waals surface area (Å²) >= 11 is 0. The molecule has 0 aromatic rings. The normalized spacial score (nSPS) is 13.9.